The fourth-order valence-electron chi connectivity index (χ4n) is 4.16. The first-order chi connectivity index (χ1) is 19.0. The highest BCUT2D eigenvalue weighted by atomic mass is 16.4. The second kappa shape index (κ2) is 13.4. The van der Waals surface area contributed by atoms with Crippen molar-refractivity contribution in [3.05, 3.63) is 54.2 Å². The fraction of sp³-hybridized carbons (Fsp3) is 0.385. The van der Waals surface area contributed by atoms with Gasteiger partial charge in [0.1, 0.15) is 18.1 Å². The van der Waals surface area contributed by atoms with Crippen LogP contribution in [0.2, 0.25) is 0 Å². The Morgan fingerprint density at radius 2 is 1.62 bits per heavy atom. The van der Waals surface area contributed by atoms with Crippen LogP contribution in [0.1, 0.15) is 31.5 Å². The monoisotopic (exact) mass is 555 g/mol. The van der Waals surface area contributed by atoms with Crippen LogP contribution in [-0.4, -0.2) is 79.0 Å². The number of aliphatic carboxylic acids is 2. The number of carboxylic acid groups (broad SMARTS) is 2. The Balaban J connectivity index is 1.67. The Kier molecular flexibility index (Phi) is 9.97. The molecule has 3 aromatic rings. The van der Waals surface area contributed by atoms with E-state index >= 15 is 0 Å². The van der Waals surface area contributed by atoms with Crippen LogP contribution in [0, 0.1) is 5.92 Å². The molecule has 9 N–H and O–H groups in total. The summed E-state index contributed by atoms with van der Waals surface area (Å²) < 4.78 is 0. The van der Waals surface area contributed by atoms with E-state index in [-0.39, 0.29) is 12.8 Å². The molecule has 1 aromatic carbocycles. The zero-order valence-electron chi connectivity index (χ0n) is 22.0. The predicted molar refractivity (Wildman–Crippen MR) is 143 cm³/mol. The van der Waals surface area contributed by atoms with Gasteiger partial charge in [-0.05, 0) is 24.0 Å². The number of hydrogen-bond acceptors (Lipinski definition) is 7. The molecule has 0 aliphatic heterocycles. The van der Waals surface area contributed by atoms with Crippen molar-refractivity contribution in [2.45, 2.75) is 57.3 Å². The maximum atomic E-state index is 13.1. The number of nitrogens with two attached hydrogens (primary N) is 1. The maximum absolute atomic E-state index is 13.1. The van der Waals surface area contributed by atoms with Crippen LogP contribution in [0.5, 0.6) is 0 Å². The van der Waals surface area contributed by atoms with Crippen LogP contribution >= 0.6 is 0 Å². The van der Waals surface area contributed by atoms with Gasteiger partial charge in [-0.1, -0.05) is 32.0 Å². The summed E-state index contributed by atoms with van der Waals surface area (Å²) in [6.07, 6.45) is 3.80. The zero-order chi connectivity index (χ0) is 29.4. The third-order valence-corrected chi connectivity index (χ3v) is 6.30. The van der Waals surface area contributed by atoms with Gasteiger partial charge in [-0.3, -0.25) is 19.2 Å². The van der Waals surface area contributed by atoms with E-state index in [1.807, 2.05) is 24.3 Å². The van der Waals surface area contributed by atoms with Gasteiger partial charge in [0.25, 0.3) is 0 Å². The smallest absolute Gasteiger partial charge is 0.326 e. The number of rotatable bonds is 14. The molecule has 0 aliphatic carbocycles. The highest BCUT2D eigenvalue weighted by molar-refractivity contribution is 5.96. The standard InChI is InChI=1S/C26H33N7O7/c1-13(2)22(25(38)32-20(26(39)40)8-15-11-28-12-30-15)33-24(37)19(9-21(34)35)31-23(36)17(27)7-14-10-29-18-6-4-3-5-16(14)18/h3-6,10-13,17,19-20,22,29H,7-9,27H2,1-2H3,(H,28,30)(H,31,36)(H,32,38)(H,33,37)(H,34,35)(H,39,40). The normalized spacial score (nSPS) is 14.2. The van der Waals surface area contributed by atoms with Crippen molar-refractivity contribution in [2.24, 2.45) is 11.7 Å². The largest absolute Gasteiger partial charge is 0.481 e. The third kappa shape index (κ3) is 7.89. The van der Waals surface area contributed by atoms with Crippen molar-refractivity contribution < 1.29 is 34.2 Å². The van der Waals surface area contributed by atoms with Crippen LogP contribution < -0.4 is 21.7 Å². The maximum Gasteiger partial charge on any atom is 0.326 e. The SMILES string of the molecule is CC(C)C(NC(=O)C(CC(=O)O)NC(=O)C(N)Cc1c[nH]c2ccccc12)C(=O)NC(Cc1cnc[nH]1)C(=O)O. The molecule has 14 nitrogen and oxygen atoms in total. The third-order valence-electron chi connectivity index (χ3n) is 6.30. The number of para-hydroxylation sites is 1. The molecule has 2 aromatic heterocycles. The van der Waals surface area contributed by atoms with Gasteiger partial charge in [-0.2, -0.15) is 0 Å². The lowest BCUT2D eigenvalue weighted by Gasteiger charge is -2.26. The van der Waals surface area contributed by atoms with Crippen molar-refractivity contribution in [3.8, 4) is 0 Å². The molecule has 3 amide bonds. The highest BCUT2D eigenvalue weighted by Crippen LogP contribution is 2.19. The lowest BCUT2D eigenvalue weighted by molar-refractivity contribution is -0.143. The van der Waals surface area contributed by atoms with Crippen LogP contribution in [0.3, 0.4) is 0 Å². The van der Waals surface area contributed by atoms with Crippen molar-refractivity contribution in [3.63, 3.8) is 0 Å². The lowest BCUT2D eigenvalue weighted by atomic mass is 10.0. The molecule has 3 rings (SSSR count). The number of H-pyrrole nitrogens is 2. The number of carbonyl (C=O) groups excluding carboxylic acids is 3. The topological polar surface area (TPSA) is 232 Å². The van der Waals surface area contributed by atoms with Gasteiger partial charge < -0.3 is 41.9 Å². The molecule has 2 heterocycles. The number of carbonyl (C=O) groups is 5. The first kappa shape index (κ1) is 29.8. The number of amides is 3. The number of aromatic amines is 2. The number of fused-ring (bicyclic) bond motifs is 1. The summed E-state index contributed by atoms with van der Waals surface area (Å²) in [6, 6.07) is 2.28. The molecule has 214 valence electrons. The molecular weight excluding hydrogens is 522 g/mol. The molecule has 4 atom stereocenters. The van der Waals surface area contributed by atoms with Gasteiger partial charge in [0.2, 0.25) is 17.7 Å². The second-order valence-electron chi connectivity index (χ2n) is 9.74. The number of nitrogens with one attached hydrogen (secondary N) is 5. The van der Waals surface area contributed by atoms with E-state index in [1.54, 1.807) is 20.0 Å². The zero-order valence-corrected chi connectivity index (χ0v) is 22.0. The van der Waals surface area contributed by atoms with Gasteiger partial charge in [0.05, 0.1) is 18.8 Å². The molecule has 0 aliphatic rings. The Morgan fingerprint density at radius 1 is 0.925 bits per heavy atom. The summed E-state index contributed by atoms with van der Waals surface area (Å²) in [6.45, 7) is 3.24. The summed E-state index contributed by atoms with van der Waals surface area (Å²) in [7, 11) is 0. The number of benzene rings is 1. The molecule has 0 radical (unpaired) electrons. The van der Waals surface area contributed by atoms with Crippen molar-refractivity contribution in [1.82, 2.24) is 30.9 Å². The predicted octanol–water partition coefficient (Wildman–Crippen LogP) is -0.327. The van der Waals surface area contributed by atoms with E-state index in [2.05, 4.69) is 30.9 Å². The van der Waals surface area contributed by atoms with E-state index in [1.165, 1.54) is 12.5 Å². The molecule has 0 saturated carbocycles. The average molecular weight is 556 g/mol. The highest BCUT2D eigenvalue weighted by Gasteiger charge is 2.33. The van der Waals surface area contributed by atoms with Crippen molar-refractivity contribution >= 4 is 40.6 Å². The van der Waals surface area contributed by atoms with Crippen molar-refractivity contribution in [2.75, 3.05) is 0 Å². The number of hydrogen-bond donors (Lipinski definition) is 8. The number of imidazole rings is 1. The van der Waals surface area contributed by atoms with Crippen molar-refractivity contribution in [1.29, 1.82) is 0 Å². The Morgan fingerprint density at radius 3 is 2.25 bits per heavy atom. The van der Waals surface area contributed by atoms with Crippen LogP contribution in [0.25, 0.3) is 10.9 Å². The summed E-state index contributed by atoms with van der Waals surface area (Å²) in [5.41, 5.74) is 8.20. The Bertz CT molecular complexity index is 1350. The molecule has 40 heavy (non-hydrogen) atoms. The molecule has 4 unspecified atom stereocenters. The van der Waals surface area contributed by atoms with Crippen LogP contribution in [-0.2, 0) is 36.8 Å². The van der Waals surface area contributed by atoms with E-state index in [4.69, 9.17) is 5.73 Å². The molecule has 0 spiro atoms. The van der Waals surface area contributed by atoms with E-state index in [0.29, 0.717) is 5.69 Å². The number of carboxylic acids is 2. The van der Waals surface area contributed by atoms with Gasteiger partial charge in [-0.15, -0.1) is 0 Å². The first-order valence-corrected chi connectivity index (χ1v) is 12.6. The minimum Gasteiger partial charge on any atom is -0.481 e. The molecule has 14 heteroatoms. The molecule has 0 saturated heterocycles. The number of nitrogens with zero attached hydrogens (tertiary/aromatic N) is 1. The Hall–Kier alpha value is -4.72. The van der Waals surface area contributed by atoms with Gasteiger partial charge in [0.15, 0.2) is 0 Å². The average Bonchev–Trinajstić information content (AvgIpc) is 3.55. The quantitative estimate of drug-likeness (QED) is 0.130. The molecule has 0 fully saturated rings. The van der Waals surface area contributed by atoms with Gasteiger partial charge in [0, 0.05) is 35.4 Å². The van der Waals surface area contributed by atoms with Crippen LogP contribution in [0.15, 0.2) is 43.0 Å². The summed E-state index contributed by atoms with van der Waals surface area (Å²) in [4.78, 5) is 71.8. The fourth-order valence-corrected chi connectivity index (χ4v) is 4.16. The van der Waals surface area contributed by atoms with E-state index in [0.717, 1.165) is 16.5 Å². The summed E-state index contributed by atoms with van der Waals surface area (Å²) in [5, 5.41) is 27.0. The van der Waals surface area contributed by atoms with Gasteiger partial charge in [-0.25, -0.2) is 9.78 Å². The minimum atomic E-state index is -1.53. The number of aromatic nitrogens is 3. The lowest BCUT2D eigenvalue weighted by Crippen LogP contribution is -2.59. The summed E-state index contributed by atoms with van der Waals surface area (Å²) >= 11 is 0. The van der Waals surface area contributed by atoms with E-state index < -0.39 is 66.2 Å². The van der Waals surface area contributed by atoms with E-state index in [9.17, 15) is 34.2 Å². The van der Waals surface area contributed by atoms with Crippen LogP contribution in [0.4, 0.5) is 0 Å². The summed E-state index contributed by atoms with van der Waals surface area (Å²) in [5.74, 6) is -5.62. The molecular formula is C26H33N7O7. The van der Waals surface area contributed by atoms with Gasteiger partial charge >= 0.3 is 11.9 Å². The molecule has 0 bridgehead atoms. The second-order valence-corrected chi connectivity index (χ2v) is 9.74. The Labute approximate surface area is 229 Å². The first-order valence-electron chi connectivity index (χ1n) is 12.6. The minimum absolute atomic E-state index is 0.0775.